The summed E-state index contributed by atoms with van der Waals surface area (Å²) in [6, 6.07) is -0.181. The van der Waals surface area contributed by atoms with Crippen molar-refractivity contribution < 1.29 is 14.7 Å². The van der Waals surface area contributed by atoms with Gasteiger partial charge in [-0.15, -0.1) is 0 Å². The Kier molecular flexibility index (Phi) is 3.11. The standard InChI is InChI=1S/C8H14N2O3/c1-9(6-7(11)12)8(13)10-4-2-3-5-10/h2-6H2,1H3,(H,11,12). The van der Waals surface area contributed by atoms with Gasteiger partial charge in [-0.1, -0.05) is 0 Å². The average Bonchev–Trinajstić information content (AvgIpc) is 2.53. The number of carboxylic acid groups (broad SMARTS) is 1. The third-order valence-corrected chi connectivity index (χ3v) is 2.08. The van der Waals surface area contributed by atoms with Gasteiger partial charge in [-0.05, 0) is 12.8 Å². The van der Waals surface area contributed by atoms with E-state index in [0.717, 1.165) is 25.9 Å². The Morgan fingerprint density at radius 1 is 1.38 bits per heavy atom. The summed E-state index contributed by atoms with van der Waals surface area (Å²) in [7, 11) is 1.51. The lowest BCUT2D eigenvalue weighted by Crippen LogP contribution is -2.41. The van der Waals surface area contributed by atoms with Crippen LogP contribution < -0.4 is 0 Å². The van der Waals surface area contributed by atoms with Crippen LogP contribution in [0, 0.1) is 0 Å². The van der Waals surface area contributed by atoms with Crippen molar-refractivity contribution in [3.8, 4) is 0 Å². The molecule has 0 aromatic heterocycles. The fraction of sp³-hybridized carbons (Fsp3) is 0.750. The number of likely N-dealkylation sites (tertiary alicyclic amines) is 1. The first-order chi connectivity index (χ1) is 6.11. The zero-order valence-corrected chi connectivity index (χ0v) is 7.69. The van der Waals surface area contributed by atoms with Gasteiger partial charge >= 0.3 is 12.0 Å². The van der Waals surface area contributed by atoms with Gasteiger partial charge in [-0.2, -0.15) is 0 Å². The smallest absolute Gasteiger partial charge is 0.323 e. The summed E-state index contributed by atoms with van der Waals surface area (Å²) in [4.78, 5) is 24.7. The summed E-state index contributed by atoms with van der Waals surface area (Å²) < 4.78 is 0. The molecule has 5 nitrogen and oxygen atoms in total. The molecule has 0 spiro atoms. The van der Waals surface area contributed by atoms with Crippen LogP contribution in [0.15, 0.2) is 0 Å². The third-order valence-electron chi connectivity index (χ3n) is 2.08. The Bertz CT molecular complexity index is 211. The molecule has 0 atom stereocenters. The lowest BCUT2D eigenvalue weighted by molar-refractivity contribution is -0.137. The molecule has 0 aromatic rings. The zero-order valence-electron chi connectivity index (χ0n) is 7.69. The van der Waals surface area contributed by atoms with E-state index in [0.29, 0.717) is 0 Å². The number of nitrogens with zero attached hydrogens (tertiary/aromatic N) is 2. The number of aliphatic carboxylic acids is 1. The number of urea groups is 1. The summed E-state index contributed by atoms with van der Waals surface area (Å²) >= 11 is 0. The van der Waals surface area contributed by atoms with Crippen molar-refractivity contribution in [2.75, 3.05) is 26.7 Å². The maximum atomic E-state index is 11.5. The number of carboxylic acids is 1. The lowest BCUT2D eigenvalue weighted by Gasteiger charge is -2.22. The molecule has 1 aliphatic heterocycles. The van der Waals surface area contributed by atoms with E-state index in [1.165, 1.54) is 11.9 Å². The van der Waals surface area contributed by atoms with Gasteiger partial charge in [0.25, 0.3) is 0 Å². The van der Waals surface area contributed by atoms with Gasteiger partial charge in [-0.3, -0.25) is 4.79 Å². The van der Waals surface area contributed by atoms with Crippen molar-refractivity contribution in [2.24, 2.45) is 0 Å². The van der Waals surface area contributed by atoms with Gasteiger partial charge in [0.1, 0.15) is 6.54 Å². The number of carbonyl (C=O) groups excluding carboxylic acids is 1. The van der Waals surface area contributed by atoms with E-state index < -0.39 is 5.97 Å². The van der Waals surface area contributed by atoms with E-state index in [-0.39, 0.29) is 12.6 Å². The highest BCUT2D eigenvalue weighted by Gasteiger charge is 2.22. The summed E-state index contributed by atoms with van der Waals surface area (Å²) in [5.74, 6) is -0.977. The second kappa shape index (κ2) is 4.11. The van der Waals surface area contributed by atoms with Gasteiger partial charge in [-0.25, -0.2) is 4.79 Å². The molecule has 1 rings (SSSR count). The highest BCUT2D eigenvalue weighted by atomic mass is 16.4. The molecule has 2 amide bonds. The molecule has 5 heteroatoms. The number of carbonyl (C=O) groups is 2. The van der Waals surface area contributed by atoms with Crippen LogP contribution in [0.25, 0.3) is 0 Å². The van der Waals surface area contributed by atoms with E-state index in [4.69, 9.17) is 5.11 Å². The molecule has 1 saturated heterocycles. The molecular weight excluding hydrogens is 172 g/mol. The van der Waals surface area contributed by atoms with E-state index in [2.05, 4.69) is 0 Å². The first-order valence-electron chi connectivity index (χ1n) is 4.33. The van der Waals surface area contributed by atoms with Crippen LogP contribution in [0.4, 0.5) is 4.79 Å². The van der Waals surface area contributed by atoms with E-state index in [1.54, 1.807) is 4.90 Å². The maximum Gasteiger partial charge on any atom is 0.323 e. The largest absolute Gasteiger partial charge is 0.480 e. The molecule has 0 bridgehead atoms. The number of hydrogen-bond acceptors (Lipinski definition) is 2. The molecule has 1 heterocycles. The summed E-state index contributed by atoms with van der Waals surface area (Å²) in [5.41, 5.74) is 0. The highest BCUT2D eigenvalue weighted by molar-refractivity contribution is 5.80. The van der Waals surface area contributed by atoms with Crippen molar-refractivity contribution in [3.05, 3.63) is 0 Å². The Balaban J connectivity index is 2.41. The van der Waals surface area contributed by atoms with Crippen molar-refractivity contribution in [1.82, 2.24) is 9.80 Å². The van der Waals surface area contributed by atoms with Crippen molar-refractivity contribution in [1.29, 1.82) is 0 Å². The Labute approximate surface area is 76.9 Å². The minimum Gasteiger partial charge on any atom is -0.480 e. The predicted molar refractivity (Wildman–Crippen MR) is 46.5 cm³/mol. The Morgan fingerprint density at radius 2 is 1.92 bits per heavy atom. The lowest BCUT2D eigenvalue weighted by atomic mass is 10.4. The van der Waals surface area contributed by atoms with Crippen LogP contribution >= 0.6 is 0 Å². The van der Waals surface area contributed by atoms with Crippen LogP contribution in [0.5, 0.6) is 0 Å². The SMILES string of the molecule is CN(CC(=O)O)C(=O)N1CCCC1. The van der Waals surface area contributed by atoms with E-state index in [9.17, 15) is 9.59 Å². The molecule has 0 aromatic carbocycles. The second-order valence-electron chi connectivity index (χ2n) is 3.23. The zero-order chi connectivity index (χ0) is 9.84. The monoisotopic (exact) mass is 186 g/mol. The average molecular weight is 186 g/mol. The van der Waals surface area contributed by atoms with Gasteiger partial charge in [0.05, 0.1) is 0 Å². The molecule has 1 aliphatic rings. The van der Waals surface area contributed by atoms with E-state index >= 15 is 0 Å². The molecule has 0 unspecified atom stereocenters. The van der Waals surface area contributed by atoms with Gasteiger partial charge < -0.3 is 14.9 Å². The maximum absolute atomic E-state index is 11.5. The van der Waals surface area contributed by atoms with Gasteiger partial charge in [0, 0.05) is 20.1 Å². The predicted octanol–water partition coefficient (Wildman–Crippen LogP) is 0.219. The molecule has 0 saturated carbocycles. The van der Waals surface area contributed by atoms with Gasteiger partial charge in [0.15, 0.2) is 0 Å². The minimum atomic E-state index is -0.977. The minimum absolute atomic E-state index is 0.181. The van der Waals surface area contributed by atoms with Crippen LogP contribution in [-0.4, -0.2) is 53.6 Å². The molecule has 74 valence electrons. The summed E-state index contributed by atoms with van der Waals surface area (Å²) in [5, 5.41) is 8.46. The molecule has 0 aliphatic carbocycles. The number of rotatable bonds is 2. The van der Waals surface area contributed by atoms with Crippen LogP contribution in [0.2, 0.25) is 0 Å². The second-order valence-corrected chi connectivity index (χ2v) is 3.23. The Hall–Kier alpha value is -1.26. The number of amides is 2. The van der Waals surface area contributed by atoms with Gasteiger partial charge in [0.2, 0.25) is 0 Å². The number of likely N-dealkylation sites (N-methyl/N-ethyl adjacent to an activating group) is 1. The first-order valence-corrected chi connectivity index (χ1v) is 4.33. The fourth-order valence-corrected chi connectivity index (χ4v) is 1.42. The summed E-state index contributed by atoms with van der Waals surface area (Å²) in [6.45, 7) is 1.28. The van der Waals surface area contributed by atoms with Crippen LogP contribution in [-0.2, 0) is 4.79 Å². The number of hydrogen-bond donors (Lipinski definition) is 1. The topological polar surface area (TPSA) is 60.9 Å². The third kappa shape index (κ3) is 2.61. The van der Waals surface area contributed by atoms with E-state index in [1.807, 2.05) is 0 Å². The molecule has 13 heavy (non-hydrogen) atoms. The Morgan fingerprint density at radius 3 is 2.38 bits per heavy atom. The normalized spacial score (nSPS) is 15.9. The molecular formula is C8H14N2O3. The van der Waals surface area contributed by atoms with Crippen molar-refractivity contribution >= 4 is 12.0 Å². The first kappa shape index (κ1) is 9.83. The highest BCUT2D eigenvalue weighted by Crippen LogP contribution is 2.09. The fourth-order valence-electron chi connectivity index (χ4n) is 1.42. The van der Waals surface area contributed by atoms with Crippen molar-refractivity contribution in [2.45, 2.75) is 12.8 Å². The quantitative estimate of drug-likeness (QED) is 0.671. The molecule has 0 radical (unpaired) electrons. The van der Waals surface area contributed by atoms with Crippen LogP contribution in [0.3, 0.4) is 0 Å². The summed E-state index contributed by atoms with van der Waals surface area (Å²) in [6.07, 6.45) is 2.04. The van der Waals surface area contributed by atoms with Crippen LogP contribution in [0.1, 0.15) is 12.8 Å². The van der Waals surface area contributed by atoms with Crippen molar-refractivity contribution in [3.63, 3.8) is 0 Å². The molecule has 1 fully saturated rings. The molecule has 1 N–H and O–H groups in total.